The molecule has 0 saturated carbocycles. The van der Waals surface area contributed by atoms with E-state index in [1.54, 1.807) is 0 Å². The molecule has 0 heterocycles. The highest BCUT2D eigenvalue weighted by molar-refractivity contribution is 5.69. The number of halogens is 12. The number of alkyl halides is 12. The van der Waals surface area contributed by atoms with Crippen molar-refractivity contribution in [3.05, 3.63) is 0 Å². The number of aliphatic hydroxyl groups is 2. The van der Waals surface area contributed by atoms with E-state index in [1.807, 2.05) is 0 Å². The van der Waals surface area contributed by atoms with Gasteiger partial charge in [0.25, 0.3) is 11.2 Å². The summed E-state index contributed by atoms with van der Waals surface area (Å²) in [4.78, 5) is 11.1. The zero-order chi connectivity index (χ0) is 23.0. The van der Waals surface area contributed by atoms with E-state index in [2.05, 4.69) is 4.74 Å². The second-order valence-electron chi connectivity index (χ2n) is 5.59. The fourth-order valence-electron chi connectivity index (χ4n) is 1.87. The van der Waals surface area contributed by atoms with Crippen LogP contribution in [0.3, 0.4) is 0 Å². The van der Waals surface area contributed by atoms with Crippen LogP contribution in [0.4, 0.5) is 52.7 Å². The van der Waals surface area contributed by atoms with Gasteiger partial charge in [-0.15, -0.1) is 0 Å². The molecule has 0 rings (SSSR count). The van der Waals surface area contributed by atoms with Crippen LogP contribution >= 0.6 is 0 Å². The third-order valence-electron chi connectivity index (χ3n) is 3.51. The molecule has 0 aromatic rings. The Morgan fingerprint density at radius 3 is 1.14 bits per heavy atom. The molecule has 0 aromatic carbocycles. The Balaban J connectivity index is 6.26. The van der Waals surface area contributed by atoms with E-state index in [0.29, 0.717) is 0 Å². The Morgan fingerprint density at radius 2 is 0.964 bits per heavy atom. The molecular weight excluding hydrogens is 436 g/mol. The van der Waals surface area contributed by atoms with Gasteiger partial charge in [-0.05, 0) is 0 Å². The lowest BCUT2D eigenvalue weighted by molar-refractivity contribution is -0.386. The number of carbonyl (C=O) groups excluding carboxylic acids is 1. The molecule has 0 aromatic heterocycles. The van der Waals surface area contributed by atoms with Crippen LogP contribution in [-0.4, -0.2) is 58.2 Å². The maximum atomic E-state index is 12.7. The van der Waals surface area contributed by atoms with Gasteiger partial charge in [-0.3, -0.25) is 4.79 Å². The van der Waals surface area contributed by atoms with Crippen LogP contribution in [0.5, 0.6) is 0 Å². The highest BCUT2D eigenvalue weighted by Gasteiger charge is 2.74. The van der Waals surface area contributed by atoms with Crippen LogP contribution in [0.1, 0.15) is 26.2 Å². The monoisotopic (exact) mass is 448 g/mol. The van der Waals surface area contributed by atoms with Gasteiger partial charge in [0.1, 0.15) is 6.10 Å². The minimum atomic E-state index is -6.61. The summed E-state index contributed by atoms with van der Waals surface area (Å²) in [5.74, 6) is -1.77. The summed E-state index contributed by atoms with van der Waals surface area (Å²) in [6.45, 7) is 0.874. The van der Waals surface area contributed by atoms with E-state index in [1.165, 1.54) is 0 Å². The molecular formula is C12H12F12O4. The summed E-state index contributed by atoms with van der Waals surface area (Å²) >= 11 is 0. The van der Waals surface area contributed by atoms with E-state index in [9.17, 15) is 57.5 Å². The van der Waals surface area contributed by atoms with Crippen molar-refractivity contribution in [2.45, 2.75) is 68.2 Å². The fraction of sp³-hybridized carbons (Fsp3) is 0.917. The second kappa shape index (κ2) is 7.76. The van der Waals surface area contributed by atoms with Crippen LogP contribution in [0.15, 0.2) is 0 Å². The van der Waals surface area contributed by atoms with Crippen molar-refractivity contribution in [3.8, 4) is 0 Å². The smallest absolute Gasteiger partial charge is 0.426 e. The summed E-state index contributed by atoms with van der Waals surface area (Å²) in [5, 5.41) is 17.9. The number of hydrogen-bond acceptors (Lipinski definition) is 4. The molecule has 0 aliphatic carbocycles. The van der Waals surface area contributed by atoms with Gasteiger partial charge < -0.3 is 14.9 Å². The highest BCUT2D eigenvalue weighted by atomic mass is 19.4. The number of hydrogen-bond donors (Lipinski definition) is 2. The minimum absolute atomic E-state index is 0.858. The third-order valence-corrected chi connectivity index (χ3v) is 3.51. The quantitative estimate of drug-likeness (QED) is 0.480. The van der Waals surface area contributed by atoms with Gasteiger partial charge in [-0.25, -0.2) is 0 Å². The molecule has 0 saturated heterocycles. The van der Waals surface area contributed by atoms with Crippen LogP contribution in [0.2, 0.25) is 0 Å². The summed E-state index contributed by atoms with van der Waals surface area (Å²) in [5.41, 5.74) is -11.6. The first-order valence-corrected chi connectivity index (χ1v) is 6.94. The van der Waals surface area contributed by atoms with Gasteiger partial charge in [0.05, 0.1) is 0 Å². The fourth-order valence-corrected chi connectivity index (χ4v) is 1.87. The van der Waals surface area contributed by atoms with Gasteiger partial charge in [-0.1, -0.05) is 6.92 Å². The van der Waals surface area contributed by atoms with E-state index < -0.39 is 67.2 Å². The average Bonchev–Trinajstić information content (AvgIpc) is 2.41. The van der Waals surface area contributed by atoms with Crippen molar-refractivity contribution in [1.29, 1.82) is 0 Å². The topological polar surface area (TPSA) is 66.8 Å². The van der Waals surface area contributed by atoms with Crippen molar-refractivity contribution in [1.82, 2.24) is 0 Å². The predicted molar refractivity (Wildman–Crippen MR) is 63.5 cm³/mol. The molecule has 0 fully saturated rings. The van der Waals surface area contributed by atoms with Crippen molar-refractivity contribution < 1.29 is 72.4 Å². The first kappa shape index (κ1) is 26.6. The second-order valence-corrected chi connectivity index (χ2v) is 5.59. The van der Waals surface area contributed by atoms with E-state index in [4.69, 9.17) is 10.2 Å². The molecule has 0 radical (unpaired) electrons. The first-order valence-electron chi connectivity index (χ1n) is 6.94. The zero-order valence-corrected chi connectivity index (χ0v) is 13.4. The lowest BCUT2D eigenvalue weighted by Gasteiger charge is -2.38. The van der Waals surface area contributed by atoms with Crippen LogP contribution in [0.25, 0.3) is 0 Å². The lowest BCUT2D eigenvalue weighted by Crippen LogP contribution is -2.62. The average molecular weight is 448 g/mol. The Kier molecular flexibility index (Phi) is 7.36. The Bertz CT molecular complexity index is 477. The summed E-state index contributed by atoms with van der Waals surface area (Å²) < 4.78 is 156. The van der Waals surface area contributed by atoms with Crippen LogP contribution < -0.4 is 0 Å². The zero-order valence-electron chi connectivity index (χ0n) is 13.4. The van der Waals surface area contributed by atoms with E-state index >= 15 is 0 Å². The number of rotatable bonds is 6. The lowest BCUT2D eigenvalue weighted by atomic mass is 9.86. The molecule has 0 spiro atoms. The van der Waals surface area contributed by atoms with Crippen LogP contribution in [0, 0.1) is 0 Å². The van der Waals surface area contributed by atoms with Crippen molar-refractivity contribution in [2.24, 2.45) is 0 Å². The van der Waals surface area contributed by atoms with Crippen molar-refractivity contribution >= 4 is 5.97 Å². The Labute approximate surface area is 148 Å². The number of carbonyl (C=O) groups is 1. The minimum Gasteiger partial charge on any atom is -0.462 e. The molecule has 28 heavy (non-hydrogen) atoms. The highest BCUT2D eigenvalue weighted by Crippen LogP contribution is 2.50. The van der Waals surface area contributed by atoms with Gasteiger partial charge in [-0.2, -0.15) is 52.7 Å². The molecule has 4 nitrogen and oxygen atoms in total. The largest absolute Gasteiger partial charge is 0.462 e. The van der Waals surface area contributed by atoms with E-state index in [0.717, 1.165) is 6.92 Å². The molecule has 16 heteroatoms. The van der Waals surface area contributed by atoms with Gasteiger partial charge in [0.2, 0.25) is 0 Å². The number of ether oxygens (including phenoxy) is 1. The Hall–Kier alpha value is -1.45. The molecule has 0 amide bonds. The van der Waals surface area contributed by atoms with Gasteiger partial charge in [0.15, 0.2) is 0 Å². The molecule has 0 unspecified atom stereocenters. The summed E-state index contributed by atoms with van der Waals surface area (Å²) in [6.07, 6.45) is -36.7. The molecule has 0 atom stereocenters. The van der Waals surface area contributed by atoms with Crippen LogP contribution in [-0.2, 0) is 9.53 Å². The maximum absolute atomic E-state index is 12.7. The first-order chi connectivity index (χ1) is 12.0. The molecule has 168 valence electrons. The normalized spacial score (nSPS) is 15.1. The SMILES string of the molecule is CCC(=O)OC(CC(O)(C(F)(F)F)C(F)(F)F)CC(O)(C(F)(F)F)C(F)(F)F. The third kappa shape index (κ3) is 5.33. The van der Waals surface area contributed by atoms with Gasteiger partial charge >= 0.3 is 30.7 Å². The maximum Gasteiger partial charge on any atom is 0.426 e. The van der Waals surface area contributed by atoms with Crippen molar-refractivity contribution in [3.63, 3.8) is 0 Å². The molecule has 0 bridgehead atoms. The Morgan fingerprint density at radius 1 is 0.714 bits per heavy atom. The number of esters is 1. The summed E-state index contributed by atoms with van der Waals surface area (Å²) in [7, 11) is 0. The molecule has 2 N–H and O–H groups in total. The standard InChI is InChI=1S/C12H12F12O4/c1-2-6(25)28-5(3-7(26,9(13,14)15)10(16,17)18)4-8(27,11(19,20)21)12(22,23)24/h5,26-27H,2-4H2,1H3. The molecule has 0 aliphatic heterocycles. The van der Waals surface area contributed by atoms with E-state index in [-0.39, 0.29) is 0 Å². The molecule has 0 aliphatic rings. The van der Waals surface area contributed by atoms with Crippen molar-refractivity contribution in [2.75, 3.05) is 0 Å². The summed E-state index contributed by atoms with van der Waals surface area (Å²) in [6, 6.07) is 0. The predicted octanol–water partition coefficient (Wildman–Crippen LogP) is 3.80. The van der Waals surface area contributed by atoms with Gasteiger partial charge in [0, 0.05) is 19.3 Å².